The maximum atomic E-state index is 12.7. The van der Waals surface area contributed by atoms with Crippen molar-refractivity contribution in [2.24, 2.45) is 0 Å². The topological polar surface area (TPSA) is 60.2 Å². The molecular weight excluding hydrogens is 347 g/mol. The lowest BCUT2D eigenvalue weighted by Crippen LogP contribution is -2.37. The summed E-state index contributed by atoms with van der Waals surface area (Å²) in [5, 5.41) is 1.06. The molecule has 27 heavy (non-hydrogen) atoms. The quantitative estimate of drug-likeness (QED) is 0.662. The van der Waals surface area contributed by atoms with Crippen LogP contribution >= 0.6 is 0 Å². The summed E-state index contributed by atoms with van der Waals surface area (Å²) in [6.07, 6.45) is 6.75. The second-order valence-electron chi connectivity index (χ2n) is 7.17. The second kappa shape index (κ2) is 7.73. The number of aromatic nitrogens is 3. The van der Waals surface area contributed by atoms with Gasteiger partial charge in [0.2, 0.25) is 0 Å². The molecule has 3 aromatic heterocycles. The van der Waals surface area contributed by atoms with Gasteiger partial charge in [0.05, 0.1) is 30.3 Å². The molecule has 0 bridgehead atoms. The molecule has 1 amide bonds. The minimum absolute atomic E-state index is 0.225. The zero-order chi connectivity index (χ0) is 19.4. The van der Waals surface area contributed by atoms with Gasteiger partial charge < -0.3 is 4.74 Å². The predicted molar refractivity (Wildman–Crippen MR) is 103 cm³/mol. The molecule has 0 saturated heterocycles. The van der Waals surface area contributed by atoms with E-state index in [1.54, 1.807) is 45.4 Å². The summed E-state index contributed by atoms with van der Waals surface area (Å²) in [5.41, 5.74) is 0.880. The Morgan fingerprint density at radius 3 is 2.70 bits per heavy atom. The van der Waals surface area contributed by atoms with Gasteiger partial charge in [-0.1, -0.05) is 0 Å². The van der Waals surface area contributed by atoms with Gasteiger partial charge >= 0.3 is 6.09 Å². The fraction of sp³-hybridized carbons (Fsp3) is 0.350. The molecule has 0 aliphatic rings. The average Bonchev–Trinajstić information content (AvgIpc) is 3.05. The van der Waals surface area contributed by atoms with Gasteiger partial charge in [0.25, 0.3) is 0 Å². The van der Waals surface area contributed by atoms with Gasteiger partial charge in [0.15, 0.2) is 0 Å². The summed E-state index contributed by atoms with van der Waals surface area (Å²) < 4.78 is 20.0. The van der Waals surface area contributed by atoms with Crippen LogP contribution in [0.25, 0.3) is 16.7 Å². The molecule has 7 heteroatoms. The Hall–Kier alpha value is -2.96. The number of carbonyl (C=O) groups is 1. The number of alkyl halides is 1. The van der Waals surface area contributed by atoms with Crippen molar-refractivity contribution in [2.45, 2.75) is 32.8 Å². The molecule has 3 rings (SSSR count). The molecule has 0 fully saturated rings. The number of halogens is 1. The largest absolute Gasteiger partial charge is 0.443 e. The molecule has 0 unspecified atom stereocenters. The number of anilines is 1. The highest BCUT2D eigenvalue weighted by Gasteiger charge is 2.23. The van der Waals surface area contributed by atoms with Gasteiger partial charge in [-0.05, 0) is 51.5 Å². The number of amides is 1. The summed E-state index contributed by atoms with van der Waals surface area (Å²) in [5.74, 6) is 0.705. The number of ether oxygens (including phenoxy) is 1. The van der Waals surface area contributed by atoms with Gasteiger partial charge in [-0.15, -0.1) is 0 Å². The van der Waals surface area contributed by atoms with Crippen molar-refractivity contribution in [3.63, 3.8) is 0 Å². The molecule has 0 radical (unpaired) electrons. The van der Waals surface area contributed by atoms with E-state index in [1.807, 2.05) is 29.0 Å². The highest BCUT2D eigenvalue weighted by atomic mass is 19.1. The van der Waals surface area contributed by atoms with Crippen LogP contribution in [-0.2, 0) is 4.74 Å². The van der Waals surface area contributed by atoms with Crippen molar-refractivity contribution in [3.8, 4) is 5.82 Å². The third-order valence-electron chi connectivity index (χ3n) is 3.92. The first kappa shape index (κ1) is 18.8. The molecule has 6 nitrogen and oxygen atoms in total. The SMILES string of the molecule is CC(C)(C)OC(=O)N(CCCF)c1ccc(-n2ccc3ccncc32)nc1. The van der Waals surface area contributed by atoms with Gasteiger partial charge in [-0.3, -0.25) is 18.8 Å². The number of hydrogen-bond donors (Lipinski definition) is 0. The first-order valence-electron chi connectivity index (χ1n) is 8.83. The number of nitrogens with zero attached hydrogens (tertiary/aromatic N) is 4. The second-order valence-corrected chi connectivity index (χ2v) is 7.17. The molecule has 3 heterocycles. The van der Waals surface area contributed by atoms with E-state index in [9.17, 15) is 9.18 Å². The summed E-state index contributed by atoms with van der Waals surface area (Å²) in [6, 6.07) is 7.52. The maximum Gasteiger partial charge on any atom is 0.414 e. The van der Waals surface area contributed by atoms with Crippen molar-refractivity contribution in [3.05, 3.63) is 49.1 Å². The summed E-state index contributed by atoms with van der Waals surface area (Å²) >= 11 is 0. The number of carbonyl (C=O) groups excluding carboxylic acids is 1. The lowest BCUT2D eigenvalue weighted by molar-refractivity contribution is 0.0579. The van der Waals surface area contributed by atoms with Crippen LogP contribution in [0.4, 0.5) is 14.9 Å². The molecule has 0 atom stereocenters. The van der Waals surface area contributed by atoms with Gasteiger partial charge in [-0.2, -0.15) is 0 Å². The van der Waals surface area contributed by atoms with E-state index < -0.39 is 18.4 Å². The Morgan fingerprint density at radius 1 is 1.22 bits per heavy atom. The molecular formula is C20H23FN4O2. The Labute approximate surface area is 157 Å². The zero-order valence-electron chi connectivity index (χ0n) is 15.7. The minimum Gasteiger partial charge on any atom is -0.443 e. The van der Waals surface area contributed by atoms with Crippen molar-refractivity contribution in [2.75, 3.05) is 18.1 Å². The third kappa shape index (κ3) is 4.42. The van der Waals surface area contributed by atoms with Crippen LogP contribution in [0, 0.1) is 0 Å². The Morgan fingerprint density at radius 2 is 2.04 bits per heavy atom. The van der Waals surface area contributed by atoms with Gasteiger partial charge in [0, 0.05) is 24.3 Å². The highest BCUT2D eigenvalue weighted by molar-refractivity contribution is 5.87. The van der Waals surface area contributed by atoms with Crippen molar-refractivity contribution in [1.29, 1.82) is 0 Å². The van der Waals surface area contributed by atoms with E-state index in [-0.39, 0.29) is 13.0 Å². The van der Waals surface area contributed by atoms with Crippen LogP contribution in [0.3, 0.4) is 0 Å². The smallest absolute Gasteiger partial charge is 0.414 e. The normalized spacial score (nSPS) is 11.6. The van der Waals surface area contributed by atoms with Crippen LogP contribution in [0.1, 0.15) is 27.2 Å². The number of pyridine rings is 2. The zero-order valence-corrected chi connectivity index (χ0v) is 15.7. The Balaban J connectivity index is 1.87. The van der Waals surface area contributed by atoms with Crippen LogP contribution < -0.4 is 4.90 Å². The van der Waals surface area contributed by atoms with E-state index in [0.717, 1.165) is 10.9 Å². The molecule has 3 aromatic rings. The lowest BCUT2D eigenvalue weighted by atomic mass is 10.2. The monoisotopic (exact) mass is 370 g/mol. The van der Waals surface area contributed by atoms with E-state index in [1.165, 1.54) is 4.90 Å². The average molecular weight is 370 g/mol. The summed E-state index contributed by atoms with van der Waals surface area (Å²) in [6.45, 7) is 5.11. The Kier molecular flexibility index (Phi) is 5.39. The number of rotatable bonds is 5. The van der Waals surface area contributed by atoms with Crippen molar-refractivity contribution >= 4 is 22.7 Å². The standard InChI is InChI=1S/C20H23FN4O2/c1-20(2,3)27-19(26)24(11-4-9-21)16-5-6-18(23-13-16)25-12-8-15-7-10-22-14-17(15)25/h5-8,10,12-14H,4,9,11H2,1-3H3. The van der Waals surface area contributed by atoms with E-state index in [4.69, 9.17) is 4.74 Å². The maximum absolute atomic E-state index is 12.7. The summed E-state index contributed by atoms with van der Waals surface area (Å²) in [7, 11) is 0. The highest BCUT2D eigenvalue weighted by Crippen LogP contribution is 2.22. The molecule has 0 aliphatic carbocycles. The van der Waals surface area contributed by atoms with E-state index in [2.05, 4.69) is 9.97 Å². The molecule has 142 valence electrons. The molecule has 0 aromatic carbocycles. The molecule has 0 saturated carbocycles. The fourth-order valence-corrected chi connectivity index (χ4v) is 2.72. The lowest BCUT2D eigenvalue weighted by Gasteiger charge is -2.27. The van der Waals surface area contributed by atoms with Crippen LogP contribution in [0.2, 0.25) is 0 Å². The van der Waals surface area contributed by atoms with Crippen LogP contribution in [0.5, 0.6) is 0 Å². The van der Waals surface area contributed by atoms with E-state index in [0.29, 0.717) is 11.5 Å². The van der Waals surface area contributed by atoms with E-state index >= 15 is 0 Å². The predicted octanol–water partition coefficient (Wildman–Crippen LogP) is 4.52. The number of fused-ring (bicyclic) bond motifs is 1. The Bertz CT molecular complexity index is 916. The summed E-state index contributed by atoms with van der Waals surface area (Å²) in [4.78, 5) is 22.5. The van der Waals surface area contributed by atoms with Crippen LogP contribution in [0.15, 0.2) is 49.1 Å². The molecule has 0 aliphatic heterocycles. The number of hydrogen-bond acceptors (Lipinski definition) is 4. The van der Waals surface area contributed by atoms with Gasteiger partial charge in [-0.25, -0.2) is 9.78 Å². The van der Waals surface area contributed by atoms with Crippen LogP contribution in [-0.4, -0.2) is 39.4 Å². The van der Waals surface area contributed by atoms with Crippen molar-refractivity contribution in [1.82, 2.24) is 14.5 Å². The molecule has 0 N–H and O–H groups in total. The van der Waals surface area contributed by atoms with Gasteiger partial charge in [0.1, 0.15) is 11.4 Å². The first-order valence-corrected chi connectivity index (χ1v) is 8.83. The fourth-order valence-electron chi connectivity index (χ4n) is 2.72. The first-order chi connectivity index (χ1) is 12.9. The van der Waals surface area contributed by atoms with Crippen molar-refractivity contribution < 1.29 is 13.9 Å². The molecule has 0 spiro atoms. The third-order valence-corrected chi connectivity index (χ3v) is 3.92. The minimum atomic E-state index is -0.629.